The standard InChI is InChI=1S/C15H14N2O2/c1-12(16-11-13-5-3-2-4-6-13)14-7-9-15(10-8-14)17(18)19/h2-10H,11H2,1H3. The van der Waals surface area contributed by atoms with Gasteiger partial charge in [-0.2, -0.15) is 0 Å². The summed E-state index contributed by atoms with van der Waals surface area (Å²) in [6.45, 7) is 2.52. The average molecular weight is 254 g/mol. The van der Waals surface area contributed by atoms with Gasteiger partial charge in [-0.05, 0) is 30.2 Å². The Morgan fingerprint density at radius 2 is 1.74 bits per heavy atom. The summed E-state index contributed by atoms with van der Waals surface area (Å²) in [7, 11) is 0. The van der Waals surface area contributed by atoms with Crippen molar-refractivity contribution in [3.05, 3.63) is 75.8 Å². The highest BCUT2D eigenvalue weighted by Gasteiger charge is 2.05. The summed E-state index contributed by atoms with van der Waals surface area (Å²) in [5.74, 6) is 0. The summed E-state index contributed by atoms with van der Waals surface area (Å²) in [6.07, 6.45) is 0. The highest BCUT2D eigenvalue weighted by Crippen LogP contribution is 2.13. The van der Waals surface area contributed by atoms with Crippen molar-refractivity contribution in [3.8, 4) is 0 Å². The highest BCUT2D eigenvalue weighted by atomic mass is 16.6. The summed E-state index contributed by atoms with van der Waals surface area (Å²) in [6, 6.07) is 16.4. The molecule has 0 aromatic heterocycles. The molecule has 0 saturated carbocycles. The molecule has 0 unspecified atom stereocenters. The van der Waals surface area contributed by atoms with Gasteiger partial charge in [0.25, 0.3) is 5.69 Å². The largest absolute Gasteiger partial charge is 0.285 e. The number of nitrogens with zero attached hydrogens (tertiary/aromatic N) is 2. The summed E-state index contributed by atoms with van der Waals surface area (Å²) >= 11 is 0. The molecule has 0 radical (unpaired) electrons. The van der Waals surface area contributed by atoms with Crippen molar-refractivity contribution >= 4 is 11.4 Å². The van der Waals surface area contributed by atoms with Gasteiger partial charge in [-0.25, -0.2) is 0 Å². The van der Waals surface area contributed by atoms with Gasteiger partial charge in [0.1, 0.15) is 0 Å². The molecule has 0 atom stereocenters. The van der Waals surface area contributed by atoms with Crippen molar-refractivity contribution in [2.45, 2.75) is 13.5 Å². The molecule has 0 amide bonds. The van der Waals surface area contributed by atoms with E-state index in [4.69, 9.17) is 0 Å². The summed E-state index contributed by atoms with van der Waals surface area (Å²) in [5, 5.41) is 10.6. The molecule has 19 heavy (non-hydrogen) atoms. The molecule has 96 valence electrons. The molecule has 0 spiro atoms. The lowest BCUT2D eigenvalue weighted by Crippen LogP contribution is -1.96. The second kappa shape index (κ2) is 5.91. The molecule has 0 bridgehead atoms. The van der Waals surface area contributed by atoms with Crippen LogP contribution >= 0.6 is 0 Å². The molecule has 0 aliphatic carbocycles. The van der Waals surface area contributed by atoms with Gasteiger partial charge < -0.3 is 0 Å². The van der Waals surface area contributed by atoms with Crippen LogP contribution < -0.4 is 0 Å². The molecule has 0 N–H and O–H groups in total. The van der Waals surface area contributed by atoms with Crippen molar-refractivity contribution in [1.82, 2.24) is 0 Å². The van der Waals surface area contributed by atoms with Crippen molar-refractivity contribution < 1.29 is 4.92 Å². The van der Waals surface area contributed by atoms with Crippen molar-refractivity contribution in [1.29, 1.82) is 0 Å². The number of nitro benzene ring substituents is 1. The monoisotopic (exact) mass is 254 g/mol. The molecule has 0 saturated heterocycles. The first-order valence-electron chi connectivity index (χ1n) is 5.96. The first kappa shape index (κ1) is 13.0. The first-order valence-corrected chi connectivity index (χ1v) is 5.96. The van der Waals surface area contributed by atoms with Crippen LogP contribution in [0.25, 0.3) is 0 Å². The van der Waals surface area contributed by atoms with E-state index in [0.717, 1.165) is 16.8 Å². The SMILES string of the molecule is CC(=NCc1ccccc1)c1ccc([N+](=O)[O-])cc1. The average Bonchev–Trinajstić information content (AvgIpc) is 2.46. The van der Waals surface area contributed by atoms with E-state index in [0.29, 0.717) is 6.54 Å². The van der Waals surface area contributed by atoms with E-state index in [1.807, 2.05) is 37.3 Å². The molecule has 4 nitrogen and oxygen atoms in total. The lowest BCUT2D eigenvalue weighted by molar-refractivity contribution is -0.384. The Morgan fingerprint density at radius 3 is 2.32 bits per heavy atom. The van der Waals surface area contributed by atoms with Gasteiger partial charge in [0.15, 0.2) is 0 Å². The van der Waals surface area contributed by atoms with E-state index in [2.05, 4.69) is 4.99 Å². The predicted molar refractivity (Wildman–Crippen MR) is 75.5 cm³/mol. The highest BCUT2D eigenvalue weighted by molar-refractivity contribution is 5.98. The van der Waals surface area contributed by atoms with E-state index in [9.17, 15) is 10.1 Å². The zero-order valence-electron chi connectivity index (χ0n) is 10.6. The Bertz CT molecular complexity index is 589. The molecular formula is C15H14N2O2. The van der Waals surface area contributed by atoms with E-state index >= 15 is 0 Å². The fourth-order valence-corrected chi connectivity index (χ4v) is 1.71. The van der Waals surface area contributed by atoms with Gasteiger partial charge in [-0.1, -0.05) is 30.3 Å². The molecule has 0 fully saturated rings. The summed E-state index contributed by atoms with van der Waals surface area (Å²) in [4.78, 5) is 14.7. The topological polar surface area (TPSA) is 55.5 Å². The minimum absolute atomic E-state index is 0.0969. The lowest BCUT2D eigenvalue weighted by Gasteiger charge is -2.01. The summed E-state index contributed by atoms with van der Waals surface area (Å²) in [5.41, 5.74) is 3.02. The molecule has 0 aliphatic rings. The lowest BCUT2D eigenvalue weighted by atomic mass is 10.1. The van der Waals surface area contributed by atoms with Crippen molar-refractivity contribution in [3.63, 3.8) is 0 Å². The van der Waals surface area contributed by atoms with Crippen LogP contribution in [0.2, 0.25) is 0 Å². The molecule has 2 rings (SSSR count). The van der Waals surface area contributed by atoms with Crippen LogP contribution in [0.3, 0.4) is 0 Å². The zero-order valence-corrected chi connectivity index (χ0v) is 10.6. The zero-order chi connectivity index (χ0) is 13.7. The fraction of sp³-hybridized carbons (Fsp3) is 0.133. The number of rotatable bonds is 4. The van der Waals surface area contributed by atoms with Crippen LogP contribution in [-0.2, 0) is 6.54 Å². The Hall–Kier alpha value is -2.49. The molecule has 4 heteroatoms. The van der Waals surface area contributed by atoms with Gasteiger partial charge in [-0.3, -0.25) is 15.1 Å². The maximum atomic E-state index is 10.6. The quantitative estimate of drug-likeness (QED) is 0.475. The van der Waals surface area contributed by atoms with Crippen LogP contribution in [0.4, 0.5) is 5.69 Å². The first-order chi connectivity index (χ1) is 9.16. The van der Waals surface area contributed by atoms with Crippen LogP contribution in [-0.4, -0.2) is 10.6 Å². The van der Waals surface area contributed by atoms with Crippen molar-refractivity contribution in [2.75, 3.05) is 0 Å². The third kappa shape index (κ3) is 3.48. The minimum atomic E-state index is -0.403. The van der Waals surface area contributed by atoms with Crippen LogP contribution in [0.1, 0.15) is 18.1 Å². The smallest absolute Gasteiger partial charge is 0.269 e. The number of nitro groups is 1. The Labute approximate surface area is 111 Å². The molecule has 0 heterocycles. The Kier molecular flexibility index (Phi) is 4.03. The van der Waals surface area contributed by atoms with E-state index in [1.54, 1.807) is 12.1 Å². The number of benzene rings is 2. The molecule has 0 aliphatic heterocycles. The van der Waals surface area contributed by atoms with Crippen molar-refractivity contribution in [2.24, 2.45) is 4.99 Å². The number of hydrogen-bond acceptors (Lipinski definition) is 3. The second-order valence-electron chi connectivity index (χ2n) is 4.19. The van der Waals surface area contributed by atoms with Gasteiger partial charge in [-0.15, -0.1) is 0 Å². The molecule has 2 aromatic rings. The predicted octanol–water partition coefficient (Wildman–Crippen LogP) is 3.60. The van der Waals surface area contributed by atoms with Crippen LogP contribution in [0, 0.1) is 10.1 Å². The number of non-ortho nitro benzene ring substituents is 1. The molecule has 2 aromatic carbocycles. The van der Waals surface area contributed by atoms with Crippen LogP contribution in [0.15, 0.2) is 59.6 Å². The maximum absolute atomic E-state index is 10.6. The summed E-state index contributed by atoms with van der Waals surface area (Å²) < 4.78 is 0. The second-order valence-corrected chi connectivity index (χ2v) is 4.19. The van der Waals surface area contributed by atoms with Gasteiger partial charge in [0, 0.05) is 17.8 Å². The Balaban J connectivity index is 2.10. The van der Waals surface area contributed by atoms with E-state index < -0.39 is 4.92 Å². The van der Waals surface area contributed by atoms with Gasteiger partial charge in [0.05, 0.1) is 11.5 Å². The third-order valence-electron chi connectivity index (χ3n) is 2.84. The number of hydrogen-bond donors (Lipinski definition) is 0. The Morgan fingerprint density at radius 1 is 1.11 bits per heavy atom. The third-order valence-corrected chi connectivity index (χ3v) is 2.84. The number of aliphatic imine (C=N–C) groups is 1. The van der Waals surface area contributed by atoms with Gasteiger partial charge >= 0.3 is 0 Å². The normalized spacial score (nSPS) is 11.3. The maximum Gasteiger partial charge on any atom is 0.269 e. The van der Waals surface area contributed by atoms with Gasteiger partial charge in [0.2, 0.25) is 0 Å². The van der Waals surface area contributed by atoms with E-state index in [1.165, 1.54) is 12.1 Å². The van der Waals surface area contributed by atoms with E-state index in [-0.39, 0.29) is 5.69 Å². The molecular weight excluding hydrogens is 240 g/mol. The van der Waals surface area contributed by atoms with Crippen LogP contribution in [0.5, 0.6) is 0 Å². The fourth-order valence-electron chi connectivity index (χ4n) is 1.71. The minimum Gasteiger partial charge on any atom is -0.285 e.